The number of ether oxygens (including phenoxy) is 2. The molecule has 10 nitrogen and oxygen atoms in total. The number of nitrogens with zero attached hydrogens (tertiary/aromatic N) is 2. The average molecular weight is 509 g/mol. The number of thiazole rings is 1. The van der Waals surface area contributed by atoms with Gasteiger partial charge in [0.05, 0.1) is 16.7 Å². The first kappa shape index (κ1) is 25.8. The molecule has 1 saturated heterocycles. The van der Waals surface area contributed by atoms with Gasteiger partial charge in [0.1, 0.15) is 17.1 Å². The van der Waals surface area contributed by atoms with E-state index in [2.05, 4.69) is 10.3 Å². The second kappa shape index (κ2) is 10.6. The van der Waals surface area contributed by atoms with Crippen molar-refractivity contribution in [2.45, 2.75) is 52.0 Å². The topological polar surface area (TPSA) is 141 Å². The quantitative estimate of drug-likeness (QED) is 0.234. The molecule has 2 atom stereocenters. The minimum absolute atomic E-state index is 0.0695. The van der Waals surface area contributed by atoms with Crippen molar-refractivity contribution < 1.29 is 28.7 Å². The molecule has 1 aromatic heterocycles. The SMILES string of the molecule is CCCC=C(C(=O)N[C@@H]1C(=O)N2C(C(=O)OCOC(=O)C(C)(C)C)=CCS[C@@H]12)c1csc(N)n1. The van der Waals surface area contributed by atoms with E-state index in [0.717, 1.165) is 6.42 Å². The third-order valence-electron chi connectivity index (χ3n) is 5.01. The zero-order chi connectivity index (χ0) is 25.0. The molecule has 2 aliphatic rings. The second-order valence-electron chi connectivity index (χ2n) is 8.68. The summed E-state index contributed by atoms with van der Waals surface area (Å²) >= 11 is 2.65. The van der Waals surface area contributed by atoms with Gasteiger partial charge in [0, 0.05) is 11.1 Å². The van der Waals surface area contributed by atoms with E-state index in [-0.39, 0.29) is 5.70 Å². The Kier molecular flexibility index (Phi) is 8.03. The molecule has 1 fully saturated rings. The summed E-state index contributed by atoms with van der Waals surface area (Å²) in [5, 5.41) is 4.37. The highest BCUT2D eigenvalue weighted by atomic mass is 32.2. The van der Waals surface area contributed by atoms with E-state index in [1.807, 2.05) is 6.92 Å². The fraction of sp³-hybridized carbons (Fsp3) is 0.500. The van der Waals surface area contributed by atoms with Crippen molar-refractivity contribution in [2.75, 3.05) is 18.3 Å². The van der Waals surface area contributed by atoms with Gasteiger partial charge in [-0.05, 0) is 33.3 Å². The molecule has 0 bridgehead atoms. The van der Waals surface area contributed by atoms with Gasteiger partial charge in [0.15, 0.2) is 5.13 Å². The molecule has 184 valence electrons. The lowest BCUT2D eigenvalue weighted by molar-refractivity contribution is -0.173. The molecule has 0 saturated carbocycles. The van der Waals surface area contributed by atoms with Gasteiger partial charge in [-0.25, -0.2) is 9.78 Å². The molecular formula is C22H28N4O6S2. The molecule has 2 amide bonds. The van der Waals surface area contributed by atoms with Crippen molar-refractivity contribution >= 4 is 57.6 Å². The molecule has 34 heavy (non-hydrogen) atoms. The van der Waals surface area contributed by atoms with Gasteiger partial charge < -0.3 is 20.5 Å². The number of carbonyl (C=O) groups excluding carboxylic acids is 4. The van der Waals surface area contributed by atoms with Crippen LogP contribution in [0, 0.1) is 5.41 Å². The molecule has 3 N–H and O–H groups in total. The van der Waals surface area contributed by atoms with Crippen LogP contribution in [-0.2, 0) is 28.7 Å². The number of nitrogens with two attached hydrogens (primary N) is 1. The fourth-order valence-corrected chi connectivity index (χ4v) is 4.95. The number of allylic oxidation sites excluding steroid dienone is 1. The van der Waals surface area contributed by atoms with Crippen LogP contribution in [-0.4, -0.2) is 57.6 Å². The molecular weight excluding hydrogens is 480 g/mol. The van der Waals surface area contributed by atoms with E-state index in [1.165, 1.54) is 28.0 Å². The van der Waals surface area contributed by atoms with Crippen LogP contribution in [0.5, 0.6) is 0 Å². The average Bonchev–Trinajstić information content (AvgIpc) is 3.21. The summed E-state index contributed by atoms with van der Waals surface area (Å²) in [7, 11) is 0. The van der Waals surface area contributed by atoms with E-state index in [1.54, 1.807) is 38.3 Å². The normalized spacial score (nSPS) is 20.1. The molecule has 0 unspecified atom stereocenters. The summed E-state index contributed by atoms with van der Waals surface area (Å²) in [6.45, 7) is 6.49. The highest BCUT2D eigenvalue weighted by molar-refractivity contribution is 8.00. The summed E-state index contributed by atoms with van der Waals surface area (Å²) in [6.07, 6.45) is 4.87. The summed E-state index contributed by atoms with van der Waals surface area (Å²) in [5.41, 5.74) is 5.87. The molecule has 3 rings (SSSR count). The first-order valence-corrected chi connectivity index (χ1v) is 12.7. The van der Waals surface area contributed by atoms with Crippen LogP contribution in [0.15, 0.2) is 23.2 Å². The van der Waals surface area contributed by atoms with Gasteiger partial charge in [-0.15, -0.1) is 23.1 Å². The number of esters is 2. The predicted octanol–water partition coefficient (Wildman–Crippen LogP) is 2.28. The zero-order valence-corrected chi connectivity index (χ0v) is 21.1. The Balaban J connectivity index is 1.62. The maximum absolute atomic E-state index is 13.0. The number of nitrogens with one attached hydrogen (secondary N) is 1. The number of fused-ring (bicyclic) bond motifs is 1. The lowest BCUT2D eigenvalue weighted by Crippen LogP contribution is -2.70. The summed E-state index contributed by atoms with van der Waals surface area (Å²) < 4.78 is 9.99. The number of hydrogen-bond donors (Lipinski definition) is 2. The Morgan fingerprint density at radius 3 is 2.68 bits per heavy atom. The van der Waals surface area contributed by atoms with Crippen LogP contribution in [0.25, 0.3) is 5.57 Å². The van der Waals surface area contributed by atoms with Gasteiger partial charge in [-0.3, -0.25) is 19.3 Å². The fourth-order valence-electron chi connectivity index (χ4n) is 3.19. The highest BCUT2D eigenvalue weighted by Crippen LogP contribution is 2.38. The number of nitrogen functional groups attached to an aromatic ring is 1. The number of hydrogen-bond acceptors (Lipinski definition) is 10. The van der Waals surface area contributed by atoms with E-state index in [0.29, 0.717) is 28.6 Å². The van der Waals surface area contributed by atoms with Crippen LogP contribution < -0.4 is 11.1 Å². The van der Waals surface area contributed by atoms with E-state index >= 15 is 0 Å². The van der Waals surface area contributed by atoms with Crippen LogP contribution >= 0.6 is 23.1 Å². The van der Waals surface area contributed by atoms with Crippen LogP contribution in [0.2, 0.25) is 0 Å². The number of carbonyl (C=O) groups is 4. The maximum atomic E-state index is 13.0. The number of aromatic nitrogens is 1. The van der Waals surface area contributed by atoms with Crippen molar-refractivity contribution in [1.29, 1.82) is 0 Å². The Morgan fingerprint density at radius 2 is 2.06 bits per heavy atom. The van der Waals surface area contributed by atoms with Crippen molar-refractivity contribution in [1.82, 2.24) is 15.2 Å². The Bertz CT molecular complexity index is 1040. The summed E-state index contributed by atoms with van der Waals surface area (Å²) in [6, 6.07) is -0.797. The maximum Gasteiger partial charge on any atom is 0.357 e. The standard InChI is InChI=1S/C22H28N4O6S2/c1-5-6-7-12(13-10-34-21(23)24-13)16(27)25-15-17(28)26-14(8-9-33-18(15)26)19(29)31-11-32-20(30)22(2,3)4/h7-8,10,15,18H,5-6,9,11H2,1-4H3,(H2,23,24)(H,25,27)/t15-,18+/m1/s1. The predicted molar refractivity (Wildman–Crippen MR) is 129 cm³/mol. The third-order valence-corrected chi connectivity index (χ3v) is 6.87. The number of β-lactam (4-membered cyclic amide) rings is 1. The molecule has 0 radical (unpaired) electrons. The Labute approximate surface area is 205 Å². The van der Waals surface area contributed by atoms with Crippen molar-refractivity contribution in [3.63, 3.8) is 0 Å². The molecule has 0 aliphatic carbocycles. The lowest BCUT2D eigenvalue weighted by Gasteiger charge is -2.48. The van der Waals surface area contributed by atoms with Crippen molar-refractivity contribution in [3.05, 3.63) is 28.9 Å². The van der Waals surface area contributed by atoms with Crippen molar-refractivity contribution in [3.8, 4) is 0 Å². The number of thioether (sulfide) groups is 1. The molecule has 0 aromatic carbocycles. The number of unbranched alkanes of at least 4 members (excludes halogenated alkanes) is 1. The van der Waals surface area contributed by atoms with E-state index in [9.17, 15) is 19.2 Å². The third kappa shape index (κ3) is 5.61. The monoisotopic (exact) mass is 508 g/mol. The molecule has 3 heterocycles. The first-order chi connectivity index (χ1) is 16.0. The van der Waals surface area contributed by atoms with Crippen LogP contribution in [0.1, 0.15) is 46.2 Å². The second-order valence-corrected chi connectivity index (χ2v) is 10.7. The van der Waals surface area contributed by atoms with Gasteiger partial charge in [-0.1, -0.05) is 19.4 Å². The summed E-state index contributed by atoms with van der Waals surface area (Å²) in [5.74, 6) is -1.68. The van der Waals surface area contributed by atoms with Gasteiger partial charge in [-0.2, -0.15) is 0 Å². The van der Waals surface area contributed by atoms with E-state index < -0.39 is 47.4 Å². The number of amides is 2. The van der Waals surface area contributed by atoms with Crippen LogP contribution in [0.4, 0.5) is 5.13 Å². The van der Waals surface area contributed by atoms with Crippen molar-refractivity contribution in [2.24, 2.45) is 5.41 Å². The van der Waals surface area contributed by atoms with E-state index in [4.69, 9.17) is 15.2 Å². The molecule has 0 spiro atoms. The van der Waals surface area contributed by atoms with Crippen LogP contribution in [0.3, 0.4) is 0 Å². The molecule has 1 aromatic rings. The van der Waals surface area contributed by atoms with Gasteiger partial charge >= 0.3 is 11.9 Å². The summed E-state index contributed by atoms with van der Waals surface area (Å²) in [4.78, 5) is 55.7. The Hall–Kier alpha value is -2.86. The van der Waals surface area contributed by atoms with Gasteiger partial charge in [0.2, 0.25) is 6.79 Å². The number of rotatable bonds is 8. The largest absolute Gasteiger partial charge is 0.427 e. The Morgan fingerprint density at radius 1 is 1.32 bits per heavy atom. The lowest BCUT2D eigenvalue weighted by atomic mass is 9.98. The molecule has 12 heteroatoms. The first-order valence-electron chi connectivity index (χ1n) is 10.8. The highest BCUT2D eigenvalue weighted by Gasteiger charge is 2.53. The number of anilines is 1. The smallest absolute Gasteiger partial charge is 0.357 e. The molecule has 2 aliphatic heterocycles. The van der Waals surface area contributed by atoms with Gasteiger partial charge in [0.25, 0.3) is 11.8 Å². The minimum atomic E-state index is -0.797. The zero-order valence-electron chi connectivity index (χ0n) is 19.5. The minimum Gasteiger partial charge on any atom is -0.427 e.